The van der Waals surface area contributed by atoms with Crippen molar-refractivity contribution in [2.75, 3.05) is 40.1 Å². The second-order valence-corrected chi connectivity index (χ2v) is 4.14. The van der Waals surface area contributed by atoms with Gasteiger partial charge in [0.1, 0.15) is 5.76 Å². The zero-order valence-corrected chi connectivity index (χ0v) is 11.0. The van der Waals surface area contributed by atoms with Crippen molar-refractivity contribution in [1.82, 2.24) is 5.32 Å². The molecule has 0 radical (unpaired) electrons. The summed E-state index contributed by atoms with van der Waals surface area (Å²) in [6.07, 6.45) is 5.30. The van der Waals surface area contributed by atoms with E-state index >= 15 is 0 Å². The topological polar surface area (TPSA) is 39.7 Å². The van der Waals surface area contributed by atoms with Crippen LogP contribution >= 0.6 is 0 Å². The van der Waals surface area contributed by atoms with Crippen LogP contribution in [0.25, 0.3) is 0 Å². The maximum absolute atomic E-state index is 5.61. The summed E-state index contributed by atoms with van der Waals surface area (Å²) < 4.78 is 16.0. The molecule has 1 rings (SSSR count). The fourth-order valence-corrected chi connectivity index (χ4v) is 1.79. The van der Waals surface area contributed by atoms with Crippen LogP contribution in [0.3, 0.4) is 0 Å². The Labute approximate surface area is 104 Å². The molecule has 1 N–H and O–H groups in total. The van der Waals surface area contributed by atoms with Gasteiger partial charge in [-0.25, -0.2) is 0 Å². The molecular formula is C13H25NO3. The van der Waals surface area contributed by atoms with Gasteiger partial charge in [0.2, 0.25) is 0 Å². The van der Waals surface area contributed by atoms with Crippen LogP contribution in [0, 0.1) is 0 Å². The maximum atomic E-state index is 5.61. The predicted molar refractivity (Wildman–Crippen MR) is 68.0 cm³/mol. The molecule has 1 aliphatic rings. The van der Waals surface area contributed by atoms with Crippen LogP contribution in [0.15, 0.2) is 11.8 Å². The maximum Gasteiger partial charge on any atom is 0.109 e. The molecule has 0 aromatic heterocycles. The summed E-state index contributed by atoms with van der Waals surface area (Å²) in [6.45, 7) is 6.07. The van der Waals surface area contributed by atoms with Crippen molar-refractivity contribution < 1.29 is 14.2 Å². The minimum absolute atomic E-state index is 0.306. The molecule has 1 unspecified atom stereocenters. The molecule has 4 heteroatoms. The number of methoxy groups -OCH3 is 1. The zero-order chi connectivity index (χ0) is 12.3. The minimum Gasteiger partial charge on any atom is -0.496 e. The van der Waals surface area contributed by atoms with Crippen LogP contribution in [0.5, 0.6) is 0 Å². The molecule has 0 fully saturated rings. The number of ether oxygens (including phenoxy) is 3. The highest BCUT2D eigenvalue weighted by Crippen LogP contribution is 2.16. The van der Waals surface area contributed by atoms with Gasteiger partial charge in [-0.05, 0) is 25.5 Å². The van der Waals surface area contributed by atoms with Crippen molar-refractivity contribution in [2.45, 2.75) is 32.2 Å². The Kier molecular flexibility index (Phi) is 8.05. The van der Waals surface area contributed by atoms with Crippen molar-refractivity contribution >= 4 is 0 Å². The van der Waals surface area contributed by atoms with Crippen LogP contribution < -0.4 is 5.32 Å². The third kappa shape index (κ3) is 6.05. The summed E-state index contributed by atoms with van der Waals surface area (Å²) >= 11 is 0. The Hall–Kier alpha value is -0.580. The standard InChI is InChI=1S/C13H25NO3/c1-3-7-14-12(13-5-4-8-17-13)6-9-16-11-10-15-2/h5,12,14H,3-4,6-11H2,1-2H3. The van der Waals surface area contributed by atoms with E-state index in [1.165, 1.54) is 0 Å². The average molecular weight is 243 g/mol. The van der Waals surface area contributed by atoms with E-state index in [0.29, 0.717) is 19.3 Å². The fourth-order valence-electron chi connectivity index (χ4n) is 1.79. The molecule has 0 amide bonds. The first-order chi connectivity index (χ1) is 8.38. The molecule has 4 nitrogen and oxygen atoms in total. The molecule has 0 aliphatic carbocycles. The molecule has 0 aromatic rings. The monoisotopic (exact) mass is 243 g/mol. The summed E-state index contributed by atoms with van der Waals surface area (Å²) in [7, 11) is 1.69. The van der Waals surface area contributed by atoms with E-state index in [1.807, 2.05) is 0 Å². The predicted octanol–water partition coefficient (Wildman–Crippen LogP) is 1.71. The van der Waals surface area contributed by atoms with E-state index in [0.717, 1.165) is 44.8 Å². The van der Waals surface area contributed by atoms with Crippen LogP contribution in [-0.4, -0.2) is 46.1 Å². The third-order valence-corrected chi connectivity index (χ3v) is 2.70. The van der Waals surface area contributed by atoms with Crippen molar-refractivity contribution in [1.29, 1.82) is 0 Å². The van der Waals surface area contributed by atoms with Crippen LogP contribution in [0.2, 0.25) is 0 Å². The molecule has 1 atom stereocenters. The molecule has 1 heterocycles. The lowest BCUT2D eigenvalue weighted by Gasteiger charge is -2.19. The normalized spacial score (nSPS) is 16.7. The van der Waals surface area contributed by atoms with E-state index in [4.69, 9.17) is 14.2 Å². The average Bonchev–Trinajstić information content (AvgIpc) is 2.86. The van der Waals surface area contributed by atoms with Crippen molar-refractivity contribution in [3.05, 3.63) is 11.8 Å². The summed E-state index contributed by atoms with van der Waals surface area (Å²) in [6, 6.07) is 0.306. The summed E-state index contributed by atoms with van der Waals surface area (Å²) in [5.41, 5.74) is 0. The highest BCUT2D eigenvalue weighted by atomic mass is 16.5. The minimum atomic E-state index is 0.306. The van der Waals surface area contributed by atoms with Crippen LogP contribution in [0.4, 0.5) is 0 Å². The van der Waals surface area contributed by atoms with Gasteiger partial charge in [0, 0.05) is 20.1 Å². The Morgan fingerprint density at radius 1 is 1.41 bits per heavy atom. The van der Waals surface area contributed by atoms with Crippen molar-refractivity contribution in [2.24, 2.45) is 0 Å². The summed E-state index contributed by atoms with van der Waals surface area (Å²) in [4.78, 5) is 0. The molecule has 1 aliphatic heterocycles. The molecule has 0 spiro atoms. The van der Waals surface area contributed by atoms with Gasteiger partial charge < -0.3 is 19.5 Å². The molecule has 100 valence electrons. The Bertz CT molecular complexity index is 219. The van der Waals surface area contributed by atoms with Crippen molar-refractivity contribution in [3.63, 3.8) is 0 Å². The van der Waals surface area contributed by atoms with Crippen LogP contribution in [0.1, 0.15) is 26.2 Å². The van der Waals surface area contributed by atoms with E-state index in [-0.39, 0.29) is 0 Å². The van der Waals surface area contributed by atoms with Gasteiger partial charge in [0.15, 0.2) is 0 Å². The lowest BCUT2D eigenvalue weighted by molar-refractivity contribution is 0.0644. The van der Waals surface area contributed by atoms with E-state index in [9.17, 15) is 0 Å². The van der Waals surface area contributed by atoms with Gasteiger partial charge in [-0.2, -0.15) is 0 Å². The van der Waals surface area contributed by atoms with Gasteiger partial charge in [-0.1, -0.05) is 6.92 Å². The van der Waals surface area contributed by atoms with Gasteiger partial charge in [0.05, 0.1) is 25.9 Å². The molecule has 0 bridgehead atoms. The first-order valence-corrected chi connectivity index (χ1v) is 6.51. The fraction of sp³-hybridized carbons (Fsp3) is 0.846. The molecule has 0 aromatic carbocycles. The SMILES string of the molecule is CCCNC(CCOCCOC)C1=CCCO1. The quantitative estimate of drug-likeness (QED) is 0.593. The van der Waals surface area contributed by atoms with Crippen molar-refractivity contribution in [3.8, 4) is 0 Å². The molecular weight excluding hydrogens is 218 g/mol. The van der Waals surface area contributed by atoms with Gasteiger partial charge in [-0.15, -0.1) is 0 Å². The zero-order valence-electron chi connectivity index (χ0n) is 11.0. The van der Waals surface area contributed by atoms with Crippen LogP contribution in [-0.2, 0) is 14.2 Å². The van der Waals surface area contributed by atoms with E-state index < -0.39 is 0 Å². The van der Waals surface area contributed by atoms with E-state index in [2.05, 4.69) is 18.3 Å². The summed E-state index contributed by atoms with van der Waals surface area (Å²) in [5, 5.41) is 3.50. The summed E-state index contributed by atoms with van der Waals surface area (Å²) in [5.74, 6) is 1.09. The third-order valence-electron chi connectivity index (χ3n) is 2.70. The highest BCUT2D eigenvalue weighted by Gasteiger charge is 2.17. The highest BCUT2D eigenvalue weighted by molar-refractivity contribution is 5.07. The molecule has 0 saturated carbocycles. The van der Waals surface area contributed by atoms with E-state index in [1.54, 1.807) is 7.11 Å². The second kappa shape index (κ2) is 9.45. The lowest BCUT2D eigenvalue weighted by Crippen LogP contribution is -2.33. The lowest BCUT2D eigenvalue weighted by atomic mass is 10.1. The number of nitrogens with one attached hydrogen (secondary N) is 1. The Balaban J connectivity index is 2.20. The number of rotatable bonds is 10. The first-order valence-electron chi connectivity index (χ1n) is 6.51. The second-order valence-electron chi connectivity index (χ2n) is 4.14. The number of hydrogen-bond acceptors (Lipinski definition) is 4. The van der Waals surface area contributed by atoms with Gasteiger partial charge >= 0.3 is 0 Å². The molecule has 0 saturated heterocycles. The first kappa shape index (κ1) is 14.5. The van der Waals surface area contributed by atoms with Gasteiger partial charge in [-0.3, -0.25) is 0 Å². The Morgan fingerprint density at radius 2 is 2.29 bits per heavy atom. The molecule has 17 heavy (non-hydrogen) atoms. The Morgan fingerprint density at radius 3 is 2.94 bits per heavy atom. The smallest absolute Gasteiger partial charge is 0.109 e. The van der Waals surface area contributed by atoms with Gasteiger partial charge in [0.25, 0.3) is 0 Å². The largest absolute Gasteiger partial charge is 0.496 e. The number of hydrogen-bond donors (Lipinski definition) is 1.